The summed E-state index contributed by atoms with van der Waals surface area (Å²) in [5, 5.41) is 3.08. The van der Waals surface area contributed by atoms with Gasteiger partial charge in [-0.3, -0.25) is 24.1 Å². The molecule has 2 fully saturated rings. The minimum atomic E-state index is -1.21. The van der Waals surface area contributed by atoms with Crippen molar-refractivity contribution in [3.63, 3.8) is 0 Å². The van der Waals surface area contributed by atoms with Gasteiger partial charge < -0.3 is 19.4 Å². The Morgan fingerprint density at radius 3 is 2.35 bits per heavy atom. The number of fused-ring (bicyclic) bond motifs is 2. The number of carbonyl (C=O) groups is 4. The molecule has 12 heteroatoms. The van der Waals surface area contributed by atoms with Gasteiger partial charge in [0.05, 0.1) is 30.3 Å². The van der Waals surface area contributed by atoms with Crippen molar-refractivity contribution < 1.29 is 33.2 Å². The van der Waals surface area contributed by atoms with E-state index in [0.29, 0.717) is 11.4 Å². The third-order valence-electron chi connectivity index (χ3n) is 5.81. The van der Waals surface area contributed by atoms with Gasteiger partial charge in [0.25, 0.3) is 5.91 Å². The van der Waals surface area contributed by atoms with Crippen LogP contribution in [0.15, 0.2) is 18.2 Å². The Hall–Kier alpha value is -2.14. The summed E-state index contributed by atoms with van der Waals surface area (Å²) in [6, 6.07) is 3.00. The fourth-order valence-electron chi connectivity index (χ4n) is 4.02. The molecular weight excluding hydrogens is 486 g/mol. The number of Topliss-reactive ketones (excluding diaryl/α,β-unsaturated/α-hetero) is 1. The van der Waals surface area contributed by atoms with Crippen molar-refractivity contribution in [1.82, 2.24) is 10.2 Å². The average molecular weight is 513 g/mol. The lowest BCUT2D eigenvalue weighted by Crippen LogP contribution is -2.61. The first-order valence-electron chi connectivity index (χ1n) is 11.0. The van der Waals surface area contributed by atoms with Gasteiger partial charge in [0.15, 0.2) is 5.78 Å². The number of carbonyl (C=O) groups excluding carboxylic acids is 4. The predicted octanol–water partition coefficient (Wildman–Crippen LogP) is 2.39. The Kier molecular flexibility index (Phi) is 8.98. The first-order chi connectivity index (χ1) is 16.1. The highest BCUT2D eigenvalue weighted by atomic mass is 35.5. The zero-order valence-electron chi connectivity index (χ0n) is 19.2. The van der Waals surface area contributed by atoms with E-state index >= 15 is 0 Å². The summed E-state index contributed by atoms with van der Waals surface area (Å²) in [6.45, 7) is 3.84. The van der Waals surface area contributed by atoms with E-state index in [1.807, 2.05) is 13.8 Å². The topological polar surface area (TPSA) is 111 Å². The van der Waals surface area contributed by atoms with Crippen LogP contribution in [0.3, 0.4) is 0 Å². The number of nitrogens with zero attached hydrogens (tertiary/aromatic N) is 1. The molecule has 0 saturated carbocycles. The fraction of sp³-hybridized carbons (Fsp3) is 0.545. The second-order valence-corrected chi connectivity index (χ2v) is 9.76. The standard InChI is InChI=1S/C22H27BCl2N2O7/c1-12(2)6-13(7-15(28)9-26-20(29)16-8-14(24)4-5-17(16)25)23-33-21(30)18-10-32-11-19(27(18)3)22(31)34-23/h4-5,8,12-13,18-19H,6-7,9-11H2,1-3H3,(H,26,29)/t13-,18-,19-/m1/s1. The summed E-state index contributed by atoms with van der Waals surface area (Å²) in [4.78, 5) is 52.2. The van der Waals surface area contributed by atoms with Gasteiger partial charge in [-0.15, -0.1) is 0 Å². The van der Waals surface area contributed by atoms with Gasteiger partial charge in [-0.25, -0.2) is 0 Å². The molecule has 9 nitrogen and oxygen atoms in total. The molecule has 1 aromatic carbocycles. The third kappa shape index (κ3) is 6.50. The van der Waals surface area contributed by atoms with Crippen LogP contribution in [0.2, 0.25) is 15.9 Å². The maximum absolute atomic E-state index is 12.7. The predicted molar refractivity (Wildman–Crippen MR) is 126 cm³/mol. The van der Waals surface area contributed by atoms with Crippen molar-refractivity contribution in [3.05, 3.63) is 33.8 Å². The van der Waals surface area contributed by atoms with Gasteiger partial charge in [0, 0.05) is 17.3 Å². The van der Waals surface area contributed by atoms with Crippen molar-refractivity contribution in [1.29, 1.82) is 0 Å². The first-order valence-corrected chi connectivity index (χ1v) is 11.8. The molecule has 2 saturated heterocycles. The van der Waals surface area contributed by atoms with Crippen LogP contribution in [0.4, 0.5) is 0 Å². The van der Waals surface area contributed by atoms with Crippen LogP contribution in [0.25, 0.3) is 0 Å². The highest BCUT2D eigenvalue weighted by Crippen LogP contribution is 2.30. The molecule has 2 heterocycles. The van der Waals surface area contributed by atoms with Crippen molar-refractivity contribution in [2.24, 2.45) is 5.92 Å². The lowest BCUT2D eigenvalue weighted by atomic mass is 9.65. The van der Waals surface area contributed by atoms with Crippen LogP contribution in [0, 0.1) is 5.92 Å². The average Bonchev–Trinajstić information content (AvgIpc) is 2.77. The largest absolute Gasteiger partial charge is 0.602 e. The number of ketones is 1. The highest BCUT2D eigenvalue weighted by Gasteiger charge is 2.48. The number of likely N-dealkylation sites (N-methyl/N-ethyl adjacent to an activating group) is 1. The molecule has 3 rings (SSSR count). The molecule has 2 aliphatic rings. The Balaban J connectivity index is 1.68. The van der Waals surface area contributed by atoms with Crippen molar-refractivity contribution >= 4 is 53.9 Å². The molecule has 1 aromatic rings. The van der Waals surface area contributed by atoms with E-state index < -0.39 is 42.9 Å². The minimum absolute atomic E-state index is 0.0609. The molecule has 0 spiro atoms. The molecule has 0 unspecified atom stereocenters. The van der Waals surface area contributed by atoms with Gasteiger partial charge >= 0.3 is 19.1 Å². The lowest BCUT2D eigenvalue weighted by Gasteiger charge is -2.40. The van der Waals surface area contributed by atoms with Gasteiger partial charge in [0.2, 0.25) is 0 Å². The first kappa shape index (κ1) is 26.5. The Bertz CT molecular complexity index is 935. The number of morpholine rings is 1. The molecule has 184 valence electrons. The quantitative estimate of drug-likeness (QED) is 0.528. The molecule has 2 bridgehead atoms. The Labute approximate surface area is 208 Å². The number of ether oxygens (including phenoxy) is 1. The Morgan fingerprint density at radius 1 is 1.15 bits per heavy atom. The van der Waals surface area contributed by atoms with Crippen molar-refractivity contribution in [2.45, 2.75) is 44.6 Å². The molecule has 1 N–H and O–H groups in total. The summed E-state index contributed by atoms with van der Waals surface area (Å²) in [6.07, 6.45) is 0.404. The summed E-state index contributed by atoms with van der Waals surface area (Å²) in [5.41, 5.74) is 0.154. The molecule has 0 aliphatic carbocycles. The highest BCUT2D eigenvalue weighted by molar-refractivity contribution is 6.51. The molecule has 2 aliphatic heterocycles. The van der Waals surface area contributed by atoms with E-state index in [2.05, 4.69) is 5.32 Å². The van der Waals surface area contributed by atoms with Crippen LogP contribution in [0.5, 0.6) is 0 Å². The Morgan fingerprint density at radius 2 is 1.76 bits per heavy atom. The maximum atomic E-state index is 12.7. The number of rotatable bonds is 8. The second-order valence-electron chi connectivity index (χ2n) is 8.92. The smallest absolute Gasteiger partial charge is 0.498 e. The van der Waals surface area contributed by atoms with Crippen LogP contribution in [0.1, 0.15) is 37.0 Å². The maximum Gasteiger partial charge on any atom is 0.602 e. The van der Waals surface area contributed by atoms with Crippen molar-refractivity contribution in [3.8, 4) is 0 Å². The number of benzene rings is 1. The zero-order valence-corrected chi connectivity index (χ0v) is 20.7. The molecule has 3 atom stereocenters. The molecule has 0 radical (unpaired) electrons. The van der Waals surface area contributed by atoms with Crippen LogP contribution >= 0.6 is 23.2 Å². The fourth-order valence-corrected chi connectivity index (χ4v) is 4.40. The molecule has 0 aromatic heterocycles. The number of halogens is 2. The van der Waals surface area contributed by atoms with E-state index in [-0.39, 0.29) is 48.5 Å². The number of hydrogen-bond donors (Lipinski definition) is 1. The summed E-state index contributed by atoms with van der Waals surface area (Å²) >= 11 is 12.0. The van der Waals surface area contributed by atoms with Crippen LogP contribution in [-0.2, 0) is 28.4 Å². The SMILES string of the molecule is CC(C)C[C@H](CC(=O)CNC(=O)c1cc(Cl)ccc1Cl)B1OC(=O)[C@H]2COC[C@H](C(=O)O1)N2C. The molecule has 34 heavy (non-hydrogen) atoms. The normalized spacial score (nSPS) is 21.9. The van der Waals surface area contributed by atoms with Crippen LogP contribution < -0.4 is 5.32 Å². The van der Waals surface area contributed by atoms with E-state index in [1.165, 1.54) is 12.1 Å². The third-order valence-corrected chi connectivity index (χ3v) is 6.38. The summed E-state index contributed by atoms with van der Waals surface area (Å²) in [7, 11) is 0.436. The number of nitrogens with one attached hydrogen (secondary N) is 1. The van der Waals surface area contributed by atoms with Gasteiger partial charge in [-0.2, -0.15) is 0 Å². The van der Waals surface area contributed by atoms with Gasteiger partial charge in [-0.1, -0.05) is 37.0 Å². The van der Waals surface area contributed by atoms with E-state index in [1.54, 1.807) is 18.0 Å². The number of amides is 1. The minimum Gasteiger partial charge on any atom is -0.498 e. The molecular formula is C22H27BCl2N2O7. The number of hydrogen-bond acceptors (Lipinski definition) is 8. The van der Waals surface area contributed by atoms with Crippen LogP contribution in [-0.4, -0.2) is 74.5 Å². The van der Waals surface area contributed by atoms with E-state index in [0.717, 1.165) is 0 Å². The van der Waals surface area contributed by atoms with E-state index in [4.69, 9.17) is 37.2 Å². The summed E-state index contributed by atoms with van der Waals surface area (Å²) < 4.78 is 16.4. The van der Waals surface area contributed by atoms with Gasteiger partial charge in [0.1, 0.15) is 12.1 Å². The zero-order chi connectivity index (χ0) is 25.0. The summed E-state index contributed by atoms with van der Waals surface area (Å²) in [5.74, 6) is -2.44. The molecule has 1 amide bonds. The monoisotopic (exact) mass is 512 g/mol. The second kappa shape index (κ2) is 11.5. The van der Waals surface area contributed by atoms with E-state index in [9.17, 15) is 19.2 Å². The lowest BCUT2D eigenvalue weighted by molar-refractivity contribution is -0.166. The van der Waals surface area contributed by atoms with Gasteiger partial charge in [-0.05, 0) is 37.6 Å². The van der Waals surface area contributed by atoms with Crippen molar-refractivity contribution in [2.75, 3.05) is 26.8 Å².